The van der Waals surface area contributed by atoms with Gasteiger partial charge < -0.3 is 15.7 Å². The maximum Gasteiger partial charge on any atom is 0.303 e. The summed E-state index contributed by atoms with van der Waals surface area (Å²) in [6.07, 6.45) is 28.9. The predicted molar refractivity (Wildman–Crippen MR) is 156 cm³/mol. The van der Waals surface area contributed by atoms with Crippen molar-refractivity contribution in [3.63, 3.8) is 0 Å². The van der Waals surface area contributed by atoms with Gasteiger partial charge in [0.25, 0.3) is 0 Å². The van der Waals surface area contributed by atoms with Crippen molar-refractivity contribution in [3.05, 3.63) is 60.8 Å². The van der Waals surface area contributed by atoms with Crippen LogP contribution < -0.4 is 10.6 Å². The summed E-state index contributed by atoms with van der Waals surface area (Å²) in [5.41, 5.74) is 0. The number of carboxylic acids is 1. The van der Waals surface area contributed by atoms with E-state index in [1.165, 1.54) is 0 Å². The molecule has 0 aromatic carbocycles. The lowest BCUT2D eigenvalue weighted by Gasteiger charge is -2.05. The molecule has 0 saturated heterocycles. The van der Waals surface area contributed by atoms with Crippen LogP contribution in [-0.4, -0.2) is 47.5 Å². The Labute approximate surface area is 225 Å². The van der Waals surface area contributed by atoms with E-state index in [1.807, 2.05) is 0 Å². The van der Waals surface area contributed by atoms with Gasteiger partial charge in [-0.05, 0) is 44.9 Å². The van der Waals surface area contributed by atoms with Crippen LogP contribution in [0.3, 0.4) is 0 Å². The average molecular weight is 537 g/mol. The van der Waals surface area contributed by atoms with Gasteiger partial charge in [-0.3, -0.25) is 14.4 Å². The highest BCUT2D eigenvalue weighted by atomic mass is 33.1. The third-order valence-corrected chi connectivity index (χ3v) is 7.00. The van der Waals surface area contributed by atoms with Crippen LogP contribution in [0.4, 0.5) is 0 Å². The fourth-order valence-electron chi connectivity index (χ4n) is 2.73. The third kappa shape index (κ3) is 28.1. The van der Waals surface area contributed by atoms with Crippen molar-refractivity contribution in [2.75, 3.05) is 24.6 Å². The van der Waals surface area contributed by atoms with E-state index in [4.69, 9.17) is 5.11 Å². The lowest BCUT2D eigenvalue weighted by molar-refractivity contribution is -0.138. The van der Waals surface area contributed by atoms with E-state index >= 15 is 0 Å². The van der Waals surface area contributed by atoms with Crippen molar-refractivity contribution in [2.24, 2.45) is 0 Å². The van der Waals surface area contributed by atoms with Gasteiger partial charge in [-0.25, -0.2) is 0 Å². The van der Waals surface area contributed by atoms with E-state index in [9.17, 15) is 14.4 Å². The van der Waals surface area contributed by atoms with Crippen LogP contribution in [0.15, 0.2) is 60.8 Å². The summed E-state index contributed by atoms with van der Waals surface area (Å²) in [5, 5.41) is 14.1. The Bertz CT molecular complexity index is 731. The molecule has 0 atom stereocenters. The highest BCUT2D eigenvalue weighted by Gasteiger charge is 2.04. The Kier molecular flexibility index (Phi) is 25.7. The van der Waals surface area contributed by atoms with E-state index in [2.05, 4.69) is 78.3 Å². The molecular formula is C28H44N2O4S2. The lowest BCUT2D eigenvalue weighted by Crippen LogP contribution is -2.26. The molecule has 0 unspecified atom stereocenters. The molecule has 0 saturated carbocycles. The van der Waals surface area contributed by atoms with E-state index in [0.717, 1.165) is 56.5 Å². The molecule has 3 N–H and O–H groups in total. The molecule has 202 valence electrons. The molecule has 0 heterocycles. The zero-order chi connectivity index (χ0) is 26.5. The van der Waals surface area contributed by atoms with Gasteiger partial charge in [0.05, 0.1) is 6.42 Å². The molecular weight excluding hydrogens is 492 g/mol. The molecule has 0 aliphatic rings. The summed E-state index contributed by atoms with van der Waals surface area (Å²) in [6.45, 7) is 3.28. The first kappa shape index (κ1) is 33.8. The number of aliphatic carboxylic acids is 1. The number of hydrogen-bond acceptors (Lipinski definition) is 5. The van der Waals surface area contributed by atoms with E-state index in [0.29, 0.717) is 19.5 Å². The molecule has 0 bridgehead atoms. The number of hydrogen-bond donors (Lipinski definition) is 3. The van der Waals surface area contributed by atoms with Gasteiger partial charge in [0.2, 0.25) is 11.8 Å². The van der Waals surface area contributed by atoms with E-state index < -0.39 is 5.97 Å². The van der Waals surface area contributed by atoms with Gasteiger partial charge in [0.1, 0.15) is 0 Å². The van der Waals surface area contributed by atoms with Gasteiger partial charge in [-0.2, -0.15) is 0 Å². The fourth-order valence-corrected chi connectivity index (χ4v) is 4.54. The minimum atomic E-state index is -0.966. The van der Waals surface area contributed by atoms with Crippen molar-refractivity contribution in [1.82, 2.24) is 10.6 Å². The quantitative estimate of drug-likeness (QED) is 0.0796. The largest absolute Gasteiger partial charge is 0.481 e. The Hall–Kier alpha value is -2.19. The molecule has 2 amide bonds. The van der Waals surface area contributed by atoms with Crippen LogP contribution in [0.25, 0.3) is 0 Å². The standard InChI is InChI=1S/C28H44N2O4S2/c1-2-3-4-5-6-7-8-9-10-11-12-13-14-15-16-17-18-19-26(31)29-22-24-35-36-25-23-30-27(32)20-21-28(33)34/h3-4,6-7,9-10,12-13,15-16H,2,5,8,11,14,17-25H2,1H3,(H,29,31)(H,30,32)(H,33,34). The molecule has 0 fully saturated rings. The summed E-state index contributed by atoms with van der Waals surface area (Å²) in [4.78, 5) is 33.6. The summed E-state index contributed by atoms with van der Waals surface area (Å²) in [6, 6.07) is 0. The zero-order valence-corrected chi connectivity index (χ0v) is 23.3. The summed E-state index contributed by atoms with van der Waals surface area (Å²) >= 11 is 0. The Morgan fingerprint density at radius 1 is 0.639 bits per heavy atom. The molecule has 6 nitrogen and oxygen atoms in total. The van der Waals surface area contributed by atoms with E-state index in [-0.39, 0.29) is 24.7 Å². The number of carbonyl (C=O) groups excluding carboxylic acids is 2. The highest BCUT2D eigenvalue weighted by molar-refractivity contribution is 8.76. The Balaban J connectivity index is 3.48. The Morgan fingerprint density at radius 2 is 1.08 bits per heavy atom. The van der Waals surface area contributed by atoms with Gasteiger partial charge in [0.15, 0.2) is 0 Å². The molecule has 36 heavy (non-hydrogen) atoms. The summed E-state index contributed by atoms with van der Waals surface area (Å²) in [7, 11) is 3.27. The summed E-state index contributed by atoms with van der Waals surface area (Å²) < 4.78 is 0. The minimum Gasteiger partial charge on any atom is -0.481 e. The smallest absolute Gasteiger partial charge is 0.303 e. The van der Waals surface area contributed by atoms with Gasteiger partial charge in [0, 0.05) is 37.4 Å². The lowest BCUT2D eigenvalue weighted by atomic mass is 10.2. The van der Waals surface area contributed by atoms with Crippen molar-refractivity contribution in [1.29, 1.82) is 0 Å². The number of unbranched alkanes of at least 4 members (excludes halogenated alkanes) is 1. The first-order valence-corrected chi connectivity index (χ1v) is 15.3. The van der Waals surface area contributed by atoms with Crippen molar-refractivity contribution in [3.8, 4) is 0 Å². The number of allylic oxidation sites excluding steroid dienone is 10. The summed E-state index contributed by atoms with van der Waals surface area (Å²) in [5.74, 6) is 0.424. The van der Waals surface area contributed by atoms with Gasteiger partial charge in [-0.15, -0.1) is 0 Å². The van der Waals surface area contributed by atoms with Crippen molar-refractivity contribution < 1.29 is 19.5 Å². The maximum atomic E-state index is 11.9. The van der Waals surface area contributed by atoms with Crippen LogP contribution in [0.5, 0.6) is 0 Å². The normalized spacial score (nSPS) is 12.0. The number of amides is 2. The van der Waals surface area contributed by atoms with Crippen molar-refractivity contribution in [2.45, 2.75) is 71.1 Å². The SMILES string of the molecule is CCC=CCC=CCC=CCC=CCC=CCCCC(=O)NCCSSCCNC(=O)CCC(=O)O. The predicted octanol–water partition coefficient (Wildman–Crippen LogP) is 6.39. The number of nitrogens with one attached hydrogen (secondary N) is 2. The van der Waals surface area contributed by atoms with Crippen LogP contribution in [0.1, 0.15) is 71.1 Å². The topological polar surface area (TPSA) is 95.5 Å². The number of carbonyl (C=O) groups is 3. The second-order valence-electron chi connectivity index (χ2n) is 7.84. The minimum absolute atomic E-state index is 0.0141. The van der Waals surface area contributed by atoms with Crippen LogP contribution in [-0.2, 0) is 14.4 Å². The molecule has 8 heteroatoms. The van der Waals surface area contributed by atoms with Crippen molar-refractivity contribution >= 4 is 39.4 Å². The average Bonchev–Trinajstić information content (AvgIpc) is 2.86. The maximum absolute atomic E-state index is 11.9. The Morgan fingerprint density at radius 3 is 1.56 bits per heavy atom. The molecule has 0 aromatic heterocycles. The molecule has 0 aliphatic heterocycles. The van der Waals surface area contributed by atoms with E-state index in [1.54, 1.807) is 21.6 Å². The van der Waals surface area contributed by atoms with Gasteiger partial charge >= 0.3 is 5.97 Å². The molecule has 0 spiro atoms. The molecule has 0 radical (unpaired) electrons. The second kappa shape index (κ2) is 27.4. The highest BCUT2D eigenvalue weighted by Crippen LogP contribution is 2.19. The first-order chi connectivity index (χ1) is 17.6. The molecule has 0 aliphatic carbocycles. The monoisotopic (exact) mass is 536 g/mol. The fraction of sp³-hybridized carbons (Fsp3) is 0.536. The molecule has 0 rings (SSSR count). The third-order valence-electron chi connectivity index (χ3n) is 4.60. The number of carboxylic acid groups (broad SMARTS) is 1. The molecule has 0 aromatic rings. The van der Waals surface area contributed by atoms with Crippen LogP contribution >= 0.6 is 21.6 Å². The zero-order valence-electron chi connectivity index (χ0n) is 21.7. The second-order valence-corrected chi connectivity index (χ2v) is 10.5. The van der Waals surface area contributed by atoms with Crippen LogP contribution in [0, 0.1) is 0 Å². The van der Waals surface area contributed by atoms with Crippen LogP contribution in [0.2, 0.25) is 0 Å². The van der Waals surface area contributed by atoms with Gasteiger partial charge in [-0.1, -0.05) is 89.3 Å². The number of rotatable bonds is 23. The first-order valence-electron chi connectivity index (χ1n) is 12.8.